The Hall–Kier alpha value is -1.67. The molecule has 1 aromatic heterocycles. The summed E-state index contributed by atoms with van der Waals surface area (Å²) in [4.78, 5) is 30.3. The molecule has 2 amide bonds. The van der Waals surface area contributed by atoms with E-state index in [1.807, 2.05) is 13.8 Å². The number of nitrogens with zero attached hydrogens (tertiary/aromatic N) is 2. The molecule has 21 heavy (non-hydrogen) atoms. The number of carboxylic acids is 1. The third-order valence-corrected chi connectivity index (χ3v) is 4.16. The average Bonchev–Trinajstić information content (AvgIpc) is 3.05. The Morgan fingerprint density at radius 1 is 1.57 bits per heavy atom. The van der Waals surface area contributed by atoms with Crippen LogP contribution in [0.2, 0.25) is 0 Å². The van der Waals surface area contributed by atoms with Gasteiger partial charge in [0.25, 0.3) is 0 Å². The van der Waals surface area contributed by atoms with Crippen molar-refractivity contribution in [1.82, 2.24) is 9.88 Å². The van der Waals surface area contributed by atoms with Gasteiger partial charge in [0, 0.05) is 17.6 Å². The minimum Gasteiger partial charge on any atom is -0.481 e. The fourth-order valence-corrected chi connectivity index (χ4v) is 2.97. The highest BCUT2D eigenvalue weighted by Gasteiger charge is 2.39. The van der Waals surface area contributed by atoms with Gasteiger partial charge in [-0.15, -0.1) is 11.3 Å². The second-order valence-corrected chi connectivity index (χ2v) is 6.18. The molecule has 0 aromatic carbocycles. The highest BCUT2D eigenvalue weighted by atomic mass is 32.1. The van der Waals surface area contributed by atoms with Gasteiger partial charge in [-0.3, -0.25) is 10.1 Å². The monoisotopic (exact) mass is 313 g/mol. The van der Waals surface area contributed by atoms with Gasteiger partial charge < -0.3 is 14.7 Å². The number of aryl methyl sites for hydroxylation is 1. The number of carbonyl (C=O) groups excluding carboxylic acids is 1. The van der Waals surface area contributed by atoms with E-state index in [0.29, 0.717) is 11.7 Å². The van der Waals surface area contributed by atoms with Gasteiger partial charge in [-0.1, -0.05) is 6.92 Å². The predicted molar refractivity (Wildman–Crippen MR) is 78.6 cm³/mol. The molecule has 2 heterocycles. The van der Waals surface area contributed by atoms with Crippen molar-refractivity contribution in [2.24, 2.45) is 5.92 Å². The summed E-state index contributed by atoms with van der Waals surface area (Å²) in [5.74, 6) is -1.61. The number of nitrogens with one attached hydrogen (secondary N) is 1. The van der Waals surface area contributed by atoms with Crippen molar-refractivity contribution in [2.75, 3.05) is 25.1 Å². The summed E-state index contributed by atoms with van der Waals surface area (Å²) in [5, 5.41) is 12.5. The largest absolute Gasteiger partial charge is 0.481 e. The summed E-state index contributed by atoms with van der Waals surface area (Å²) in [5.41, 5.74) is 0. The number of urea groups is 1. The zero-order valence-electron chi connectivity index (χ0n) is 12.0. The first-order valence-corrected chi connectivity index (χ1v) is 7.65. The molecule has 7 nitrogen and oxygen atoms in total. The standard InChI is InChI=1S/C13H19N3O4S/c1-3-4-16(10-7-20-6-9(10)11(17)18)13(19)15-12-14-5-8(2)21-12/h5,9-10H,3-4,6-7H2,1-2H3,(H,17,18)(H,14,15,19). The van der Waals surface area contributed by atoms with Crippen LogP contribution in [0.3, 0.4) is 0 Å². The summed E-state index contributed by atoms with van der Waals surface area (Å²) >= 11 is 1.38. The fourth-order valence-electron chi connectivity index (χ4n) is 2.32. The Labute approximate surface area is 126 Å². The molecule has 0 radical (unpaired) electrons. The average molecular weight is 313 g/mol. The van der Waals surface area contributed by atoms with E-state index in [2.05, 4.69) is 10.3 Å². The molecule has 8 heteroatoms. The second-order valence-electron chi connectivity index (χ2n) is 4.95. The molecule has 0 aliphatic carbocycles. The number of hydrogen-bond acceptors (Lipinski definition) is 5. The number of ether oxygens (including phenoxy) is 1. The lowest BCUT2D eigenvalue weighted by Crippen LogP contribution is -2.48. The van der Waals surface area contributed by atoms with Gasteiger partial charge in [0.05, 0.1) is 19.3 Å². The number of aliphatic carboxylic acids is 1. The Morgan fingerprint density at radius 3 is 2.90 bits per heavy atom. The zero-order valence-corrected chi connectivity index (χ0v) is 12.9. The normalized spacial score (nSPS) is 21.2. The Kier molecular flexibility index (Phi) is 5.13. The molecule has 1 fully saturated rings. The highest BCUT2D eigenvalue weighted by molar-refractivity contribution is 7.15. The van der Waals surface area contributed by atoms with E-state index < -0.39 is 17.9 Å². The first-order chi connectivity index (χ1) is 10.0. The lowest BCUT2D eigenvalue weighted by atomic mass is 10.0. The predicted octanol–water partition coefficient (Wildman–Crippen LogP) is 1.80. The van der Waals surface area contributed by atoms with Crippen LogP contribution in [0.15, 0.2) is 6.20 Å². The number of hydrogen-bond donors (Lipinski definition) is 2. The molecule has 2 N–H and O–H groups in total. The van der Waals surface area contributed by atoms with Crippen LogP contribution in [0.5, 0.6) is 0 Å². The Morgan fingerprint density at radius 2 is 2.33 bits per heavy atom. The van der Waals surface area contributed by atoms with E-state index >= 15 is 0 Å². The number of rotatable bonds is 5. The lowest BCUT2D eigenvalue weighted by Gasteiger charge is -2.29. The summed E-state index contributed by atoms with van der Waals surface area (Å²) < 4.78 is 5.25. The van der Waals surface area contributed by atoms with Gasteiger partial charge in [0.2, 0.25) is 0 Å². The molecule has 0 saturated carbocycles. The van der Waals surface area contributed by atoms with Gasteiger partial charge >= 0.3 is 12.0 Å². The quantitative estimate of drug-likeness (QED) is 0.864. The van der Waals surface area contributed by atoms with Crippen LogP contribution in [0.1, 0.15) is 18.2 Å². The third kappa shape index (κ3) is 3.70. The molecule has 0 spiro atoms. The van der Waals surface area contributed by atoms with Crippen molar-refractivity contribution in [1.29, 1.82) is 0 Å². The fraction of sp³-hybridized carbons (Fsp3) is 0.615. The van der Waals surface area contributed by atoms with Crippen LogP contribution < -0.4 is 5.32 Å². The van der Waals surface area contributed by atoms with Crippen LogP contribution >= 0.6 is 11.3 Å². The van der Waals surface area contributed by atoms with Crippen molar-refractivity contribution in [3.8, 4) is 0 Å². The molecule has 2 unspecified atom stereocenters. The maximum atomic E-state index is 12.4. The number of carbonyl (C=O) groups is 2. The van der Waals surface area contributed by atoms with Crippen molar-refractivity contribution >= 4 is 28.5 Å². The molecule has 1 aromatic rings. The third-order valence-electron chi connectivity index (χ3n) is 3.33. The zero-order chi connectivity index (χ0) is 15.4. The second kappa shape index (κ2) is 6.86. The van der Waals surface area contributed by atoms with Crippen LogP contribution in [-0.4, -0.2) is 52.8 Å². The van der Waals surface area contributed by atoms with Crippen LogP contribution in [-0.2, 0) is 9.53 Å². The van der Waals surface area contributed by atoms with Crippen LogP contribution in [0, 0.1) is 12.8 Å². The molecule has 1 saturated heterocycles. The number of aromatic nitrogens is 1. The molecular formula is C13H19N3O4S. The minimum atomic E-state index is -0.934. The first kappa shape index (κ1) is 15.7. The summed E-state index contributed by atoms with van der Waals surface area (Å²) in [7, 11) is 0. The van der Waals surface area contributed by atoms with Gasteiger partial charge in [0.15, 0.2) is 5.13 Å². The Balaban J connectivity index is 2.10. The van der Waals surface area contributed by atoms with Gasteiger partial charge in [-0.2, -0.15) is 0 Å². The van der Waals surface area contributed by atoms with Crippen molar-refractivity contribution < 1.29 is 19.4 Å². The van der Waals surface area contributed by atoms with E-state index in [1.54, 1.807) is 11.1 Å². The van der Waals surface area contributed by atoms with E-state index in [4.69, 9.17) is 4.74 Å². The smallest absolute Gasteiger partial charge is 0.324 e. The van der Waals surface area contributed by atoms with E-state index in [-0.39, 0.29) is 19.2 Å². The van der Waals surface area contributed by atoms with Crippen LogP contribution in [0.25, 0.3) is 0 Å². The lowest BCUT2D eigenvalue weighted by molar-refractivity contribution is -0.142. The number of amides is 2. The molecule has 1 aliphatic rings. The molecule has 116 valence electrons. The molecule has 2 rings (SSSR count). The minimum absolute atomic E-state index is 0.143. The first-order valence-electron chi connectivity index (χ1n) is 6.83. The van der Waals surface area contributed by atoms with Gasteiger partial charge in [-0.25, -0.2) is 9.78 Å². The van der Waals surface area contributed by atoms with E-state index in [9.17, 15) is 14.7 Å². The highest BCUT2D eigenvalue weighted by Crippen LogP contribution is 2.23. The number of anilines is 1. The molecule has 2 atom stereocenters. The molecule has 1 aliphatic heterocycles. The Bertz CT molecular complexity index is 519. The maximum Gasteiger partial charge on any atom is 0.324 e. The van der Waals surface area contributed by atoms with E-state index in [1.165, 1.54) is 11.3 Å². The summed E-state index contributed by atoms with van der Waals surface area (Å²) in [6, 6.07) is -0.767. The summed E-state index contributed by atoms with van der Waals surface area (Å²) in [6.07, 6.45) is 2.43. The maximum absolute atomic E-state index is 12.4. The van der Waals surface area contributed by atoms with Crippen LogP contribution in [0.4, 0.5) is 9.93 Å². The SMILES string of the molecule is CCCN(C(=O)Nc1ncc(C)s1)C1COCC1C(=O)O. The van der Waals surface area contributed by atoms with Crippen molar-refractivity contribution in [2.45, 2.75) is 26.3 Å². The van der Waals surface area contributed by atoms with E-state index in [0.717, 1.165) is 11.3 Å². The summed E-state index contributed by atoms with van der Waals surface area (Å²) in [6.45, 7) is 4.72. The van der Waals surface area contributed by atoms with Gasteiger partial charge in [-0.05, 0) is 13.3 Å². The van der Waals surface area contributed by atoms with Crippen molar-refractivity contribution in [3.05, 3.63) is 11.1 Å². The topological polar surface area (TPSA) is 91.8 Å². The van der Waals surface area contributed by atoms with Gasteiger partial charge in [0.1, 0.15) is 5.92 Å². The van der Waals surface area contributed by atoms with Crippen molar-refractivity contribution in [3.63, 3.8) is 0 Å². The number of carboxylic acid groups (broad SMARTS) is 1. The number of thiazole rings is 1. The molecular weight excluding hydrogens is 294 g/mol. The molecule has 0 bridgehead atoms.